The minimum Gasteiger partial charge on any atom is -0.377 e. The summed E-state index contributed by atoms with van der Waals surface area (Å²) in [5.74, 6) is 1.37. The molecule has 2 aromatic rings. The molecule has 0 saturated heterocycles. The SMILES string of the molecule is CNc1cc(-c2ccccc2Cl)nc(COC)n1. The van der Waals surface area contributed by atoms with Gasteiger partial charge in [0, 0.05) is 30.8 Å². The molecule has 1 N–H and O–H groups in total. The summed E-state index contributed by atoms with van der Waals surface area (Å²) in [5, 5.41) is 3.67. The van der Waals surface area contributed by atoms with Crippen LogP contribution >= 0.6 is 11.6 Å². The summed E-state index contributed by atoms with van der Waals surface area (Å²) in [6.45, 7) is 0.368. The van der Waals surface area contributed by atoms with Crippen LogP contribution in [0.1, 0.15) is 5.82 Å². The van der Waals surface area contributed by atoms with Crippen LogP contribution in [0.15, 0.2) is 30.3 Å². The highest BCUT2D eigenvalue weighted by Crippen LogP contribution is 2.27. The standard InChI is InChI=1S/C13H14ClN3O/c1-15-12-7-11(16-13(17-12)8-18-2)9-5-3-4-6-10(9)14/h3-7H,8H2,1-2H3,(H,15,16,17). The van der Waals surface area contributed by atoms with Gasteiger partial charge in [-0.2, -0.15) is 0 Å². The molecule has 0 bridgehead atoms. The Kier molecular flexibility index (Phi) is 4.12. The number of aromatic nitrogens is 2. The molecule has 1 aromatic carbocycles. The maximum absolute atomic E-state index is 6.17. The number of methoxy groups -OCH3 is 1. The van der Waals surface area contributed by atoms with E-state index in [2.05, 4.69) is 15.3 Å². The lowest BCUT2D eigenvalue weighted by atomic mass is 10.1. The largest absolute Gasteiger partial charge is 0.377 e. The van der Waals surface area contributed by atoms with Gasteiger partial charge in [-0.1, -0.05) is 29.8 Å². The molecule has 2 rings (SSSR count). The number of halogens is 1. The van der Waals surface area contributed by atoms with E-state index < -0.39 is 0 Å². The van der Waals surface area contributed by atoms with Crippen LogP contribution in [-0.2, 0) is 11.3 Å². The third kappa shape index (κ3) is 2.78. The number of ether oxygens (including phenoxy) is 1. The highest BCUT2D eigenvalue weighted by Gasteiger charge is 2.08. The molecule has 0 atom stereocenters. The van der Waals surface area contributed by atoms with Crippen molar-refractivity contribution in [1.82, 2.24) is 9.97 Å². The van der Waals surface area contributed by atoms with Crippen LogP contribution in [0.25, 0.3) is 11.3 Å². The van der Waals surface area contributed by atoms with Crippen molar-refractivity contribution in [1.29, 1.82) is 0 Å². The molecule has 0 radical (unpaired) electrons. The molecular formula is C13H14ClN3O. The predicted octanol–water partition coefficient (Wildman–Crippen LogP) is 2.99. The van der Waals surface area contributed by atoms with Gasteiger partial charge in [-0.3, -0.25) is 0 Å². The van der Waals surface area contributed by atoms with Gasteiger partial charge in [0.1, 0.15) is 12.4 Å². The molecule has 94 valence electrons. The number of anilines is 1. The summed E-state index contributed by atoms with van der Waals surface area (Å²) in [5.41, 5.74) is 1.67. The van der Waals surface area contributed by atoms with Crippen molar-refractivity contribution in [3.05, 3.63) is 41.2 Å². The number of hydrogen-bond donors (Lipinski definition) is 1. The van der Waals surface area contributed by atoms with Gasteiger partial charge in [0.25, 0.3) is 0 Å². The van der Waals surface area contributed by atoms with Gasteiger partial charge in [0.2, 0.25) is 0 Å². The summed E-state index contributed by atoms with van der Waals surface area (Å²) in [6.07, 6.45) is 0. The van der Waals surface area contributed by atoms with Crippen molar-refractivity contribution in [3.63, 3.8) is 0 Å². The molecule has 5 heteroatoms. The van der Waals surface area contributed by atoms with Crippen LogP contribution < -0.4 is 5.32 Å². The van der Waals surface area contributed by atoms with Crippen LogP contribution in [0.5, 0.6) is 0 Å². The maximum atomic E-state index is 6.17. The second-order valence-corrected chi connectivity index (χ2v) is 4.12. The topological polar surface area (TPSA) is 47.0 Å². The van der Waals surface area contributed by atoms with Gasteiger partial charge in [-0.05, 0) is 6.07 Å². The van der Waals surface area contributed by atoms with E-state index in [0.717, 1.165) is 17.1 Å². The Morgan fingerprint density at radius 3 is 2.72 bits per heavy atom. The van der Waals surface area contributed by atoms with Crippen molar-refractivity contribution < 1.29 is 4.74 Å². The monoisotopic (exact) mass is 263 g/mol. The number of benzene rings is 1. The van der Waals surface area contributed by atoms with Crippen LogP contribution in [0.3, 0.4) is 0 Å². The molecule has 0 aliphatic heterocycles. The highest BCUT2D eigenvalue weighted by molar-refractivity contribution is 6.33. The Hall–Kier alpha value is -1.65. The Morgan fingerprint density at radius 2 is 2.06 bits per heavy atom. The van der Waals surface area contributed by atoms with E-state index in [1.807, 2.05) is 37.4 Å². The van der Waals surface area contributed by atoms with Gasteiger partial charge < -0.3 is 10.1 Å². The Bertz CT molecular complexity index is 546. The third-order valence-corrected chi connectivity index (χ3v) is 2.78. The zero-order valence-electron chi connectivity index (χ0n) is 10.3. The van der Waals surface area contributed by atoms with E-state index in [-0.39, 0.29) is 0 Å². The Morgan fingerprint density at radius 1 is 1.28 bits per heavy atom. The molecule has 1 heterocycles. The molecule has 0 fully saturated rings. The van der Waals surface area contributed by atoms with Gasteiger partial charge in [0.05, 0.1) is 5.69 Å². The minimum absolute atomic E-state index is 0.368. The molecule has 0 saturated carbocycles. The van der Waals surface area contributed by atoms with Crippen molar-refractivity contribution in [3.8, 4) is 11.3 Å². The smallest absolute Gasteiger partial charge is 0.157 e. The zero-order chi connectivity index (χ0) is 13.0. The molecule has 0 amide bonds. The highest BCUT2D eigenvalue weighted by atomic mass is 35.5. The fourth-order valence-electron chi connectivity index (χ4n) is 1.63. The average Bonchev–Trinajstić information content (AvgIpc) is 2.39. The summed E-state index contributed by atoms with van der Waals surface area (Å²) < 4.78 is 5.06. The second kappa shape index (κ2) is 5.80. The van der Waals surface area contributed by atoms with E-state index in [9.17, 15) is 0 Å². The molecule has 18 heavy (non-hydrogen) atoms. The van der Waals surface area contributed by atoms with Crippen molar-refractivity contribution in [2.75, 3.05) is 19.5 Å². The molecular weight excluding hydrogens is 250 g/mol. The first-order chi connectivity index (χ1) is 8.74. The minimum atomic E-state index is 0.368. The predicted molar refractivity (Wildman–Crippen MR) is 72.7 cm³/mol. The van der Waals surface area contributed by atoms with Crippen LogP contribution in [-0.4, -0.2) is 24.1 Å². The van der Waals surface area contributed by atoms with Gasteiger partial charge >= 0.3 is 0 Å². The number of rotatable bonds is 4. The number of hydrogen-bond acceptors (Lipinski definition) is 4. The molecule has 0 aliphatic rings. The van der Waals surface area contributed by atoms with Gasteiger partial charge in [-0.15, -0.1) is 0 Å². The molecule has 4 nitrogen and oxygen atoms in total. The van der Waals surface area contributed by atoms with Gasteiger partial charge in [-0.25, -0.2) is 9.97 Å². The lowest BCUT2D eigenvalue weighted by molar-refractivity contribution is 0.178. The second-order valence-electron chi connectivity index (χ2n) is 3.72. The van der Waals surface area contributed by atoms with E-state index >= 15 is 0 Å². The van der Waals surface area contributed by atoms with Crippen LogP contribution in [0.2, 0.25) is 5.02 Å². The van der Waals surface area contributed by atoms with E-state index in [0.29, 0.717) is 17.5 Å². The normalized spacial score (nSPS) is 10.4. The summed E-state index contributed by atoms with van der Waals surface area (Å²) in [4.78, 5) is 8.75. The van der Waals surface area contributed by atoms with E-state index in [4.69, 9.17) is 16.3 Å². The summed E-state index contributed by atoms with van der Waals surface area (Å²) in [7, 11) is 3.43. The van der Waals surface area contributed by atoms with Crippen LogP contribution in [0.4, 0.5) is 5.82 Å². The van der Waals surface area contributed by atoms with Crippen molar-refractivity contribution >= 4 is 17.4 Å². The average molecular weight is 264 g/mol. The van der Waals surface area contributed by atoms with Crippen molar-refractivity contribution in [2.24, 2.45) is 0 Å². The van der Waals surface area contributed by atoms with E-state index in [1.54, 1.807) is 7.11 Å². The van der Waals surface area contributed by atoms with Gasteiger partial charge in [0.15, 0.2) is 5.82 Å². The molecule has 0 aliphatic carbocycles. The zero-order valence-corrected chi connectivity index (χ0v) is 11.0. The number of nitrogens with zero attached hydrogens (tertiary/aromatic N) is 2. The van der Waals surface area contributed by atoms with Crippen LogP contribution in [0, 0.1) is 0 Å². The fraction of sp³-hybridized carbons (Fsp3) is 0.231. The molecule has 0 spiro atoms. The maximum Gasteiger partial charge on any atom is 0.157 e. The first kappa shape index (κ1) is 12.8. The Labute approximate surface area is 111 Å². The first-order valence-corrected chi connectivity index (χ1v) is 5.92. The first-order valence-electron chi connectivity index (χ1n) is 5.54. The lowest BCUT2D eigenvalue weighted by Crippen LogP contribution is -2.02. The Balaban J connectivity index is 2.50. The van der Waals surface area contributed by atoms with Crippen molar-refractivity contribution in [2.45, 2.75) is 6.61 Å². The quantitative estimate of drug-likeness (QED) is 0.921. The summed E-state index contributed by atoms with van der Waals surface area (Å²) in [6, 6.07) is 9.45. The summed E-state index contributed by atoms with van der Waals surface area (Å²) >= 11 is 6.17. The molecule has 1 aromatic heterocycles. The fourth-order valence-corrected chi connectivity index (χ4v) is 1.86. The third-order valence-electron chi connectivity index (χ3n) is 2.45. The lowest BCUT2D eigenvalue weighted by Gasteiger charge is -2.08. The van der Waals surface area contributed by atoms with E-state index in [1.165, 1.54) is 0 Å². The number of nitrogens with one attached hydrogen (secondary N) is 1. The molecule has 0 unspecified atom stereocenters.